The van der Waals surface area contributed by atoms with E-state index in [9.17, 15) is 19.8 Å². The molecule has 0 radical (unpaired) electrons. The first-order chi connectivity index (χ1) is 13.5. The van der Waals surface area contributed by atoms with Gasteiger partial charge in [-0.15, -0.1) is 0 Å². The zero-order chi connectivity index (χ0) is 19.9. The van der Waals surface area contributed by atoms with Crippen LogP contribution in [0.15, 0.2) is 24.3 Å². The Labute approximate surface area is 166 Å². The minimum Gasteiger partial charge on any atom is -0.508 e. The first-order valence-electron chi connectivity index (χ1n) is 10.3. The molecule has 1 aliphatic carbocycles. The van der Waals surface area contributed by atoms with Crippen molar-refractivity contribution in [3.63, 3.8) is 0 Å². The van der Waals surface area contributed by atoms with Gasteiger partial charge in [0.05, 0.1) is 0 Å². The largest absolute Gasteiger partial charge is 0.508 e. The van der Waals surface area contributed by atoms with Crippen molar-refractivity contribution in [2.24, 2.45) is 0 Å². The Hall–Kier alpha value is -2.28. The fraction of sp³-hybridized carbons (Fsp3) is 0.619. The van der Waals surface area contributed by atoms with Crippen molar-refractivity contribution in [3.05, 3.63) is 29.8 Å². The maximum atomic E-state index is 12.7. The number of carbonyl (C=O) groups is 2. The summed E-state index contributed by atoms with van der Waals surface area (Å²) in [5, 5.41) is 21.6. The summed E-state index contributed by atoms with van der Waals surface area (Å²) in [4.78, 5) is 28.6. The summed E-state index contributed by atoms with van der Waals surface area (Å²) in [6, 6.07) is 5.72. The van der Waals surface area contributed by atoms with Crippen LogP contribution in [0, 0.1) is 0 Å². The molecule has 0 spiro atoms. The molecule has 7 heteroatoms. The molecular weight excluding hydrogens is 358 g/mol. The van der Waals surface area contributed by atoms with Gasteiger partial charge in [-0.3, -0.25) is 4.90 Å². The number of hydrogen-bond donors (Lipinski definition) is 3. The first-order valence-corrected chi connectivity index (χ1v) is 10.3. The van der Waals surface area contributed by atoms with Gasteiger partial charge in [0.25, 0.3) is 0 Å². The van der Waals surface area contributed by atoms with Gasteiger partial charge in [0.1, 0.15) is 11.8 Å². The summed E-state index contributed by atoms with van der Waals surface area (Å²) in [6.07, 6.45) is 7.52. The van der Waals surface area contributed by atoms with E-state index in [1.54, 1.807) is 17.0 Å². The molecule has 1 aromatic rings. The molecule has 0 unspecified atom stereocenters. The lowest BCUT2D eigenvalue weighted by Gasteiger charge is -2.33. The third-order valence-electron chi connectivity index (χ3n) is 5.88. The Morgan fingerprint density at radius 2 is 1.71 bits per heavy atom. The second-order valence-electron chi connectivity index (χ2n) is 7.88. The van der Waals surface area contributed by atoms with Gasteiger partial charge < -0.3 is 20.4 Å². The van der Waals surface area contributed by atoms with Crippen LogP contribution in [0.25, 0.3) is 0 Å². The Kier molecular flexibility index (Phi) is 7.14. The van der Waals surface area contributed by atoms with Crippen LogP contribution in [0.1, 0.15) is 44.1 Å². The summed E-state index contributed by atoms with van der Waals surface area (Å²) >= 11 is 0. The molecule has 2 aliphatic rings. The summed E-state index contributed by atoms with van der Waals surface area (Å²) in [6.45, 7) is 3.15. The molecule has 1 heterocycles. The molecule has 7 nitrogen and oxygen atoms in total. The molecule has 1 saturated heterocycles. The van der Waals surface area contributed by atoms with E-state index in [0.717, 1.165) is 25.1 Å². The van der Waals surface area contributed by atoms with Gasteiger partial charge in [0.15, 0.2) is 0 Å². The van der Waals surface area contributed by atoms with Gasteiger partial charge in [0.2, 0.25) is 0 Å². The van der Waals surface area contributed by atoms with E-state index in [1.807, 2.05) is 0 Å². The summed E-state index contributed by atoms with van der Waals surface area (Å²) < 4.78 is 0. The fourth-order valence-corrected chi connectivity index (χ4v) is 4.26. The zero-order valence-corrected chi connectivity index (χ0v) is 16.3. The Morgan fingerprint density at radius 3 is 2.39 bits per heavy atom. The molecule has 0 bridgehead atoms. The predicted molar refractivity (Wildman–Crippen MR) is 106 cm³/mol. The summed E-state index contributed by atoms with van der Waals surface area (Å²) in [5.74, 6) is -0.924. The Morgan fingerprint density at radius 1 is 1.00 bits per heavy atom. The number of nitrogens with zero attached hydrogens (tertiary/aromatic N) is 2. The van der Waals surface area contributed by atoms with Gasteiger partial charge in [0, 0.05) is 38.6 Å². The summed E-state index contributed by atoms with van der Waals surface area (Å²) in [7, 11) is 0. The number of rotatable bonds is 5. The van der Waals surface area contributed by atoms with E-state index in [2.05, 4.69) is 10.2 Å². The normalized spacial score (nSPS) is 20.4. The molecule has 3 N–H and O–H groups in total. The quantitative estimate of drug-likeness (QED) is 0.719. The van der Waals surface area contributed by atoms with Crippen molar-refractivity contribution < 1.29 is 19.8 Å². The fourth-order valence-electron chi connectivity index (χ4n) is 4.26. The van der Waals surface area contributed by atoms with Crippen LogP contribution >= 0.6 is 0 Å². The highest BCUT2D eigenvalue weighted by Crippen LogP contribution is 2.23. The number of urea groups is 1. The molecule has 1 aromatic carbocycles. The van der Waals surface area contributed by atoms with Crippen molar-refractivity contribution in [2.45, 2.75) is 57.0 Å². The van der Waals surface area contributed by atoms with Crippen LogP contribution in [0.4, 0.5) is 4.79 Å². The number of amides is 2. The van der Waals surface area contributed by atoms with Crippen molar-refractivity contribution in [1.82, 2.24) is 15.1 Å². The highest BCUT2D eigenvalue weighted by molar-refractivity contribution is 5.82. The number of benzene rings is 1. The smallest absolute Gasteiger partial charge is 0.326 e. The van der Waals surface area contributed by atoms with Gasteiger partial charge in [-0.1, -0.05) is 31.4 Å². The standard InChI is InChI=1S/C21H31N3O4/c25-18-9-7-16(8-10-18)15-19(20(26)27)22-21(28)24-12-4-11-23(13-14-24)17-5-2-1-3-6-17/h7-10,17,19,25H,1-6,11-15H2,(H,22,28)(H,26,27)/t19-/m0/s1. The Bertz CT molecular complexity index is 658. The molecule has 28 heavy (non-hydrogen) atoms. The van der Waals surface area contributed by atoms with E-state index in [0.29, 0.717) is 19.1 Å². The van der Waals surface area contributed by atoms with Gasteiger partial charge in [-0.2, -0.15) is 0 Å². The molecule has 1 aliphatic heterocycles. The number of aliphatic carboxylic acids is 1. The molecular formula is C21H31N3O4. The lowest BCUT2D eigenvalue weighted by molar-refractivity contribution is -0.139. The second-order valence-corrected chi connectivity index (χ2v) is 7.88. The minimum absolute atomic E-state index is 0.131. The molecule has 2 fully saturated rings. The van der Waals surface area contributed by atoms with E-state index in [1.165, 1.54) is 44.2 Å². The highest BCUT2D eigenvalue weighted by atomic mass is 16.4. The number of carboxylic acids is 1. The maximum absolute atomic E-state index is 12.7. The molecule has 1 atom stereocenters. The van der Waals surface area contributed by atoms with Crippen LogP contribution < -0.4 is 5.32 Å². The van der Waals surface area contributed by atoms with Crippen LogP contribution in [0.3, 0.4) is 0 Å². The van der Waals surface area contributed by atoms with Crippen molar-refractivity contribution in [3.8, 4) is 5.75 Å². The zero-order valence-electron chi connectivity index (χ0n) is 16.3. The number of phenols is 1. The van der Waals surface area contributed by atoms with E-state index >= 15 is 0 Å². The predicted octanol–water partition coefficient (Wildman–Crippen LogP) is 2.44. The number of carboxylic acid groups (broad SMARTS) is 1. The number of nitrogens with one attached hydrogen (secondary N) is 1. The average Bonchev–Trinajstić information content (AvgIpc) is 2.96. The first kappa shape index (κ1) is 20.5. The monoisotopic (exact) mass is 389 g/mol. The maximum Gasteiger partial charge on any atom is 0.326 e. The average molecular weight is 389 g/mol. The summed E-state index contributed by atoms with van der Waals surface area (Å²) in [5.41, 5.74) is 0.754. The van der Waals surface area contributed by atoms with Gasteiger partial charge in [-0.05, 0) is 37.0 Å². The SMILES string of the molecule is O=C(O)[C@H](Cc1ccc(O)cc1)NC(=O)N1CCCN(C2CCCCC2)CC1. The lowest BCUT2D eigenvalue weighted by atomic mass is 9.94. The van der Waals surface area contributed by atoms with Crippen LogP contribution in [-0.2, 0) is 11.2 Å². The van der Waals surface area contributed by atoms with Gasteiger partial charge >= 0.3 is 12.0 Å². The number of carbonyl (C=O) groups excluding carboxylic acids is 1. The van der Waals surface area contributed by atoms with E-state index in [4.69, 9.17) is 0 Å². The van der Waals surface area contributed by atoms with E-state index in [-0.39, 0.29) is 18.2 Å². The Balaban J connectivity index is 1.54. The third kappa shape index (κ3) is 5.61. The molecule has 1 saturated carbocycles. The third-order valence-corrected chi connectivity index (χ3v) is 5.88. The molecule has 0 aromatic heterocycles. The van der Waals surface area contributed by atoms with Crippen LogP contribution in [-0.4, -0.2) is 70.3 Å². The van der Waals surface area contributed by atoms with Crippen LogP contribution in [0.5, 0.6) is 5.75 Å². The second kappa shape index (κ2) is 9.78. The molecule has 154 valence electrons. The lowest BCUT2D eigenvalue weighted by Crippen LogP contribution is -2.50. The highest BCUT2D eigenvalue weighted by Gasteiger charge is 2.27. The molecule has 2 amide bonds. The van der Waals surface area contributed by atoms with Crippen molar-refractivity contribution in [1.29, 1.82) is 0 Å². The van der Waals surface area contributed by atoms with Gasteiger partial charge in [-0.25, -0.2) is 9.59 Å². The topological polar surface area (TPSA) is 93.1 Å². The van der Waals surface area contributed by atoms with Crippen molar-refractivity contribution >= 4 is 12.0 Å². The van der Waals surface area contributed by atoms with E-state index < -0.39 is 12.0 Å². The minimum atomic E-state index is -1.06. The molecule has 3 rings (SSSR count). The number of phenolic OH excluding ortho intramolecular Hbond substituents is 1. The van der Waals surface area contributed by atoms with Crippen LogP contribution in [0.2, 0.25) is 0 Å². The number of aromatic hydroxyl groups is 1. The van der Waals surface area contributed by atoms with Crippen molar-refractivity contribution in [2.75, 3.05) is 26.2 Å². The number of hydrogen-bond acceptors (Lipinski definition) is 4.